The Morgan fingerprint density at radius 1 is 1.08 bits per heavy atom. The van der Waals surface area contributed by atoms with Crippen LogP contribution in [0.15, 0.2) is 53.4 Å². The normalized spacial score (nSPS) is 13.0. The zero-order valence-electron chi connectivity index (χ0n) is 15.3. The van der Waals surface area contributed by atoms with Crippen LogP contribution < -0.4 is 5.32 Å². The molecule has 2 aromatic rings. The van der Waals surface area contributed by atoms with Crippen LogP contribution in [0.4, 0.5) is 5.69 Å². The second kappa shape index (κ2) is 7.99. The van der Waals surface area contributed by atoms with Gasteiger partial charge in [0.25, 0.3) is 5.91 Å². The molecule has 0 aliphatic heterocycles. The molecule has 0 fully saturated rings. The first-order valence-electron chi connectivity index (χ1n) is 8.31. The number of nitrogens with one attached hydrogen (secondary N) is 1. The number of benzene rings is 2. The molecule has 0 bridgehead atoms. The quantitative estimate of drug-likeness (QED) is 0.811. The average Bonchev–Trinajstić information content (AvgIpc) is 2.61. The molecule has 1 amide bonds. The minimum atomic E-state index is -3.68. The van der Waals surface area contributed by atoms with Crippen LogP contribution in [0.25, 0.3) is 0 Å². The molecule has 0 aromatic heterocycles. The van der Waals surface area contributed by atoms with Crippen LogP contribution in [0, 0.1) is 0 Å². The fraction of sp³-hybridized carbons (Fsp3) is 0.316. The lowest BCUT2D eigenvalue weighted by molar-refractivity contribution is 0.102. The number of sulfonamides is 1. The molecular weight excluding hydrogens is 352 g/mol. The summed E-state index contributed by atoms with van der Waals surface area (Å²) in [6.07, 6.45) is -0.738. The molecule has 2 aromatic carbocycles. The molecule has 0 heterocycles. The molecule has 140 valence electrons. The van der Waals surface area contributed by atoms with Crippen molar-refractivity contribution >= 4 is 21.6 Å². The highest BCUT2D eigenvalue weighted by Gasteiger charge is 2.24. The molecule has 26 heavy (non-hydrogen) atoms. The van der Waals surface area contributed by atoms with Gasteiger partial charge >= 0.3 is 0 Å². The van der Waals surface area contributed by atoms with Crippen molar-refractivity contribution in [2.45, 2.75) is 37.8 Å². The van der Waals surface area contributed by atoms with E-state index in [0.29, 0.717) is 11.3 Å². The average molecular weight is 376 g/mol. The van der Waals surface area contributed by atoms with Crippen LogP contribution in [0.5, 0.6) is 0 Å². The van der Waals surface area contributed by atoms with E-state index in [2.05, 4.69) is 5.32 Å². The van der Waals surface area contributed by atoms with Crippen molar-refractivity contribution in [3.05, 3.63) is 59.7 Å². The maximum Gasteiger partial charge on any atom is 0.255 e. The minimum absolute atomic E-state index is 0.0603. The summed E-state index contributed by atoms with van der Waals surface area (Å²) in [5.41, 5.74) is 1.30. The fourth-order valence-electron chi connectivity index (χ4n) is 2.41. The van der Waals surface area contributed by atoms with Gasteiger partial charge in [0, 0.05) is 29.9 Å². The molecule has 0 radical (unpaired) electrons. The minimum Gasteiger partial charge on any atom is -0.389 e. The van der Waals surface area contributed by atoms with E-state index in [9.17, 15) is 18.3 Å². The smallest absolute Gasteiger partial charge is 0.255 e. The zero-order valence-corrected chi connectivity index (χ0v) is 16.1. The van der Waals surface area contributed by atoms with Crippen molar-refractivity contribution in [2.75, 3.05) is 12.4 Å². The Morgan fingerprint density at radius 3 is 2.35 bits per heavy atom. The Kier molecular flexibility index (Phi) is 6.17. The van der Waals surface area contributed by atoms with Crippen LogP contribution in [-0.4, -0.2) is 36.8 Å². The number of aliphatic hydroxyl groups is 1. The van der Waals surface area contributed by atoms with Gasteiger partial charge in [0.15, 0.2) is 0 Å². The highest BCUT2D eigenvalue weighted by atomic mass is 32.2. The second-order valence-electron chi connectivity index (χ2n) is 6.36. The number of carbonyl (C=O) groups is 1. The van der Waals surface area contributed by atoms with Gasteiger partial charge in [-0.15, -0.1) is 0 Å². The maximum absolute atomic E-state index is 12.6. The van der Waals surface area contributed by atoms with Gasteiger partial charge in [-0.25, -0.2) is 8.42 Å². The van der Waals surface area contributed by atoms with E-state index in [4.69, 9.17) is 0 Å². The summed E-state index contributed by atoms with van der Waals surface area (Å²) in [6, 6.07) is 12.6. The predicted octanol–water partition coefficient (Wildman–Crippen LogP) is 3.02. The van der Waals surface area contributed by atoms with Crippen LogP contribution in [0.3, 0.4) is 0 Å². The summed E-state index contributed by atoms with van der Waals surface area (Å²) in [5, 5.41) is 12.5. The number of aliphatic hydroxyl groups excluding tert-OH is 1. The van der Waals surface area contributed by atoms with Crippen molar-refractivity contribution in [3.63, 3.8) is 0 Å². The Balaban J connectivity index is 2.33. The summed E-state index contributed by atoms with van der Waals surface area (Å²) in [5.74, 6) is -0.442. The van der Waals surface area contributed by atoms with Gasteiger partial charge in [-0.2, -0.15) is 4.31 Å². The van der Waals surface area contributed by atoms with Gasteiger partial charge in [0.2, 0.25) is 10.0 Å². The summed E-state index contributed by atoms with van der Waals surface area (Å²) in [6.45, 7) is 5.17. The number of hydrogen-bond donors (Lipinski definition) is 2. The van der Waals surface area contributed by atoms with Crippen molar-refractivity contribution in [1.82, 2.24) is 4.31 Å². The van der Waals surface area contributed by atoms with Gasteiger partial charge in [-0.1, -0.05) is 24.3 Å². The van der Waals surface area contributed by atoms with Crippen LogP contribution in [0.1, 0.15) is 42.8 Å². The van der Waals surface area contributed by atoms with Gasteiger partial charge in [0.1, 0.15) is 0 Å². The molecule has 7 heteroatoms. The first kappa shape index (κ1) is 20.1. The van der Waals surface area contributed by atoms with Crippen LogP contribution in [0.2, 0.25) is 0 Å². The van der Waals surface area contributed by atoms with Gasteiger partial charge in [0.05, 0.1) is 11.0 Å². The summed E-state index contributed by atoms with van der Waals surface area (Å²) in [4.78, 5) is 12.6. The molecule has 1 unspecified atom stereocenters. The molecular formula is C19H24N2O4S. The molecule has 1 atom stereocenters. The molecule has 2 N–H and O–H groups in total. The van der Waals surface area contributed by atoms with E-state index in [0.717, 1.165) is 0 Å². The Labute approximate surface area is 154 Å². The molecule has 0 aliphatic carbocycles. The second-order valence-corrected chi connectivity index (χ2v) is 8.36. The van der Waals surface area contributed by atoms with E-state index in [1.165, 1.54) is 29.6 Å². The number of hydrogen-bond acceptors (Lipinski definition) is 4. The number of rotatable bonds is 6. The standard InChI is InChI=1S/C19H24N2O4S/c1-13(2)21(4)26(24,25)16-9-7-8-15(12-16)19(23)20-18-11-6-5-10-17(18)14(3)22/h5-14,22H,1-4H3,(H,20,23). The Bertz CT molecular complexity index is 892. The Hall–Kier alpha value is -2.22. The lowest BCUT2D eigenvalue weighted by Gasteiger charge is -2.21. The van der Waals surface area contributed by atoms with Crippen molar-refractivity contribution in [1.29, 1.82) is 0 Å². The third-order valence-electron chi connectivity index (χ3n) is 4.16. The SMILES string of the molecule is CC(O)c1ccccc1NC(=O)c1cccc(S(=O)(=O)N(C)C(C)C)c1. The number of nitrogens with zero attached hydrogens (tertiary/aromatic N) is 1. The van der Waals surface area contributed by atoms with Crippen molar-refractivity contribution < 1.29 is 18.3 Å². The monoisotopic (exact) mass is 376 g/mol. The molecule has 2 rings (SSSR count). The van der Waals surface area contributed by atoms with Crippen molar-refractivity contribution in [3.8, 4) is 0 Å². The zero-order chi connectivity index (χ0) is 19.5. The number of amides is 1. The third kappa shape index (κ3) is 4.30. The van der Waals surface area contributed by atoms with Crippen LogP contribution in [-0.2, 0) is 10.0 Å². The number of para-hydroxylation sites is 1. The lowest BCUT2D eigenvalue weighted by atomic mass is 10.1. The lowest BCUT2D eigenvalue weighted by Crippen LogP contribution is -2.33. The van der Waals surface area contributed by atoms with Crippen molar-refractivity contribution in [2.24, 2.45) is 0 Å². The first-order chi connectivity index (χ1) is 12.1. The predicted molar refractivity (Wildman–Crippen MR) is 102 cm³/mol. The van der Waals surface area contributed by atoms with Gasteiger partial charge < -0.3 is 10.4 Å². The first-order valence-corrected chi connectivity index (χ1v) is 9.75. The van der Waals surface area contributed by atoms with E-state index in [-0.39, 0.29) is 16.5 Å². The van der Waals surface area contributed by atoms with Crippen LogP contribution >= 0.6 is 0 Å². The highest BCUT2D eigenvalue weighted by Crippen LogP contribution is 2.23. The van der Waals surface area contributed by atoms with E-state index in [1.807, 2.05) is 0 Å². The van der Waals surface area contributed by atoms with E-state index >= 15 is 0 Å². The van der Waals surface area contributed by atoms with E-state index in [1.54, 1.807) is 51.1 Å². The van der Waals surface area contributed by atoms with E-state index < -0.39 is 22.0 Å². The third-order valence-corrected chi connectivity index (χ3v) is 6.19. The van der Waals surface area contributed by atoms with Gasteiger partial charge in [-0.05, 0) is 45.0 Å². The summed E-state index contributed by atoms with van der Waals surface area (Å²) < 4.78 is 26.5. The fourth-order valence-corrected chi connectivity index (χ4v) is 3.83. The summed E-state index contributed by atoms with van der Waals surface area (Å²) in [7, 11) is -2.17. The topological polar surface area (TPSA) is 86.7 Å². The summed E-state index contributed by atoms with van der Waals surface area (Å²) >= 11 is 0. The molecule has 0 aliphatic rings. The molecule has 6 nitrogen and oxygen atoms in total. The number of carbonyl (C=O) groups excluding carboxylic acids is 1. The van der Waals surface area contributed by atoms with Gasteiger partial charge in [-0.3, -0.25) is 4.79 Å². The Morgan fingerprint density at radius 2 is 1.73 bits per heavy atom. The molecule has 0 saturated carbocycles. The highest BCUT2D eigenvalue weighted by molar-refractivity contribution is 7.89. The maximum atomic E-state index is 12.6. The largest absolute Gasteiger partial charge is 0.389 e. The molecule has 0 spiro atoms. The number of anilines is 1. The molecule has 0 saturated heterocycles.